The molecule has 0 aliphatic heterocycles. The van der Waals surface area contributed by atoms with Crippen LogP contribution in [0.4, 0.5) is 0 Å². The average molecular weight is 642 g/mol. The number of nitrogens with zero attached hydrogens (tertiary/aromatic N) is 1. The van der Waals surface area contributed by atoms with Gasteiger partial charge in [-0.25, -0.2) is 0 Å². The Kier molecular flexibility index (Phi) is 12.3. The minimum atomic E-state index is -0.826. The molecule has 4 aliphatic rings. The molecule has 0 spiro atoms. The van der Waals surface area contributed by atoms with Gasteiger partial charge in [0.05, 0.1) is 0 Å². The Morgan fingerprint density at radius 3 is 1.46 bits per heavy atom. The van der Waals surface area contributed by atoms with E-state index >= 15 is 0 Å². The zero-order valence-corrected chi connectivity index (χ0v) is 28.6. The van der Waals surface area contributed by atoms with Crippen LogP contribution in [0.1, 0.15) is 87.5 Å². The number of benzene rings is 2. The van der Waals surface area contributed by atoms with Crippen LogP contribution in [-0.2, 0) is 20.8 Å². The molecule has 0 aromatic heterocycles. The number of fused-ring (bicyclic) bond motifs is 6. The van der Waals surface area contributed by atoms with E-state index in [1.807, 2.05) is 0 Å². The van der Waals surface area contributed by atoms with Gasteiger partial charge in [-0.2, -0.15) is 0 Å². The normalized spacial score (nSPS) is 27.3. The van der Waals surface area contributed by atoms with E-state index in [1.54, 1.807) is 11.1 Å². The molecule has 6 rings (SSSR count). The number of hydrogen-bond donors (Lipinski definition) is 0. The summed E-state index contributed by atoms with van der Waals surface area (Å²) in [5.41, 5.74) is 6.12. The molecule has 2 saturated carbocycles. The van der Waals surface area contributed by atoms with Crippen LogP contribution in [0.3, 0.4) is 0 Å². The maximum absolute atomic E-state index is 4.93. The van der Waals surface area contributed by atoms with Gasteiger partial charge in [-0.15, -0.1) is 0 Å². The van der Waals surface area contributed by atoms with Crippen molar-refractivity contribution in [2.75, 3.05) is 0 Å². The Morgan fingerprint density at radius 1 is 0.692 bits per heavy atom. The third-order valence-electron chi connectivity index (χ3n) is 9.74. The molecule has 208 valence electrons. The third-order valence-corrected chi connectivity index (χ3v) is 9.74. The summed E-state index contributed by atoms with van der Waals surface area (Å²) in [5, 5.41) is 0. The molecular formula is C34H46BCl2NZr. The quantitative estimate of drug-likeness (QED) is 0.232. The second-order valence-electron chi connectivity index (χ2n) is 12.0. The van der Waals surface area contributed by atoms with Crippen LogP contribution in [0, 0.1) is 26.7 Å². The van der Waals surface area contributed by atoms with Gasteiger partial charge in [-0.05, 0) is 82.5 Å². The Morgan fingerprint density at radius 2 is 1.08 bits per heavy atom. The second-order valence-corrected chi connectivity index (χ2v) is 15.8. The van der Waals surface area contributed by atoms with Gasteiger partial charge in [0.1, 0.15) is 0 Å². The van der Waals surface area contributed by atoms with Crippen molar-refractivity contribution < 1.29 is 20.8 Å². The molecule has 0 N–H and O–H groups in total. The van der Waals surface area contributed by atoms with Crippen molar-refractivity contribution in [1.82, 2.24) is 4.81 Å². The Hall–Kier alpha value is -0.592. The van der Waals surface area contributed by atoms with Gasteiger partial charge in [0, 0.05) is 0 Å². The van der Waals surface area contributed by atoms with Crippen molar-refractivity contribution in [3.05, 3.63) is 97.8 Å². The van der Waals surface area contributed by atoms with Gasteiger partial charge in [0.2, 0.25) is 6.85 Å². The summed E-state index contributed by atoms with van der Waals surface area (Å²) in [5.74, 6) is 4.25. The molecule has 2 aromatic rings. The molecule has 0 heterocycles. The van der Waals surface area contributed by atoms with Crippen molar-refractivity contribution in [2.45, 2.75) is 88.9 Å². The SMILES string of the molecule is CC(C)N(B(C1CCC2c3ccccc3C=CC12)C1CCC2c3ccccc3C=CC12)C(C)C.[CH3-].[CH3-].[Cl][Zr+2][Cl]. The van der Waals surface area contributed by atoms with Gasteiger partial charge >= 0.3 is 37.9 Å². The summed E-state index contributed by atoms with van der Waals surface area (Å²) >= 11 is -0.826. The first-order valence-electron chi connectivity index (χ1n) is 14.2. The zero-order chi connectivity index (χ0) is 26.1. The number of halogens is 2. The third kappa shape index (κ3) is 6.43. The van der Waals surface area contributed by atoms with Gasteiger partial charge < -0.3 is 19.7 Å². The topological polar surface area (TPSA) is 3.24 Å². The van der Waals surface area contributed by atoms with Crippen molar-refractivity contribution in [2.24, 2.45) is 11.8 Å². The monoisotopic (exact) mass is 639 g/mol. The predicted octanol–water partition coefficient (Wildman–Crippen LogP) is 10.6. The Balaban J connectivity index is 0.000000805. The molecule has 2 fully saturated rings. The Bertz CT molecular complexity index is 1050. The van der Waals surface area contributed by atoms with Crippen LogP contribution >= 0.6 is 17.0 Å². The van der Waals surface area contributed by atoms with E-state index in [9.17, 15) is 0 Å². The maximum atomic E-state index is 4.93. The van der Waals surface area contributed by atoms with E-state index in [0.717, 1.165) is 11.6 Å². The van der Waals surface area contributed by atoms with Crippen LogP contribution in [0.25, 0.3) is 12.2 Å². The number of hydrogen-bond acceptors (Lipinski definition) is 1. The summed E-state index contributed by atoms with van der Waals surface area (Å²) in [4.78, 5) is 2.92. The van der Waals surface area contributed by atoms with E-state index in [1.165, 1.54) is 36.8 Å². The number of rotatable bonds is 5. The summed E-state index contributed by atoms with van der Waals surface area (Å²) in [6, 6.07) is 19.5. The first-order chi connectivity index (χ1) is 18.0. The van der Waals surface area contributed by atoms with E-state index in [4.69, 9.17) is 17.0 Å². The van der Waals surface area contributed by atoms with Crippen LogP contribution in [0.15, 0.2) is 60.7 Å². The molecule has 0 amide bonds. The van der Waals surface area contributed by atoms with E-state index in [-0.39, 0.29) is 14.9 Å². The summed E-state index contributed by atoms with van der Waals surface area (Å²) in [6.45, 7) is 10.4. The molecule has 0 bridgehead atoms. The minimum absolute atomic E-state index is 0. The van der Waals surface area contributed by atoms with Crippen molar-refractivity contribution >= 4 is 36.0 Å². The van der Waals surface area contributed by atoms with Gasteiger partial charge in [0.25, 0.3) is 0 Å². The fourth-order valence-electron chi connectivity index (χ4n) is 8.66. The molecule has 6 unspecified atom stereocenters. The van der Waals surface area contributed by atoms with Crippen LogP contribution in [0.2, 0.25) is 11.6 Å². The fraction of sp³-hybridized carbons (Fsp3) is 0.471. The molecule has 0 saturated heterocycles. The average Bonchev–Trinajstić information content (AvgIpc) is 3.52. The van der Waals surface area contributed by atoms with E-state index < -0.39 is 20.8 Å². The molecular weight excluding hydrogens is 595 g/mol. The molecule has 2 aromatic carbocycles. The molecule has 4 aliphatic carbocycles. The fourth-order valence-corrected chi connectivity index (χ4v) is 8.66. The zero-order valence-electron chi connectivity index (χ0n) is 24.7. The molecule has 6 atom stereocenters. The van der Waals surface area contributed by atoms with E-state index in [0.29, 0.717) is 42.6 Å². The molecule has 39 heavy (non-hydrogen) atoms. The van der Waals surface area contributed by atoms with Gasteiger partial charge in [-0.1, -0.05) is 113 Å². The van der Waals surface area contributed by atoms with Crippen molar-refractivity contribution in [3.8, 4) is 0 Å². The first kappa shape index (κ1) is 32.9. The molecule has 0 radical (unpaired) electrons. The summed E-state index contributed by atoms with van der Waals surface area (Å²) in [6.07, 6.45) is 15.5. The van der Waals surface area contributed by atoms with Crippen LogP contribution < -0.4 is 0 Å². The van der Waals surface area contributed by atoms with Crippen molar-refractivity contribution in [3.63, 3.8) is 0 Å². The van der Waals surface area contributed by atoms with Crippen LogP contribution in [0.5, 0.6) is 0 Å². The van der Waals surface area contributed by atoms with Crippen LogP contribution in [-0.4, -0.2) is 23.7 Å². The second kappa shape index (κ2) is 14.5. The van der Waals surface area contributed by atoms with Gasteiger partial charge in [-0.3, -0.25) is 0 Å². The summed E-state index contributed by atoms with van der Waals surface area (Å²) in [7, 11) is 9.87. The first-order valence-corrected chi connectivity index (χ1v) is 20.6. The number of allylic oxidation sites excluding steroid dienone is 2. The van der Waals surface area contributed by atoms with Crippen molar-refractivity contribution in [1.29, 1.82) is 0 Å². The summed E-state index contributed by atoms with van der Waals surface area (Å²) < 4.78 is 0. The Labute approximate surface area is 258 Å². The van der Waals surface area contributed by atoms with E-state index in [2.05, 4.69) is 105 Å². The molecule has 5 heteroatoms. The molecule has 1 nitrogen and oxygen atoms in total. The predicted molar refractivity (Wildman–Crippen MR) is 172 cm³/mol. The van der Waals surface area contributed by atoms with Gasteiger partial charge in [0.15, 0.2) is 0 Å². The standard InChI is InChI=1S/C32H40BN.2CH3.2ClH.Zr/c1-21(2)34(22(3)4)33(31-19-17-27-25-11-7-5-9-23(25)13-15-29(27)31)32-20-18-28-26-12-8-6-10-24(26)14-16-30(28)32;;;;;/h5-16,21-22,27-32H,17-20H2,1-4H3;2*1H3;2*1H;/q;2*-1;;;+4/p-2.